The molecule has 0 saturated carbocycles. The Hall–Kier alpha value is -3.62. The molecule has 1 fully saturated rings. The molecule has 1 aromatic carbocycles. The summed E-state index contributed by atoms with van der Waals surface area (Å²) < 4.78 is 14.2. The zero-order valence-corrected chi connectivity index (χ0v) is 15.5. The molecule has 1 atom stereocenters. The number of rotatable bonds is 4. The van der Waals surface area contributed by atoms with E-state index in [1.165, 1.54) is 36.4 Å². The van der Waals surface area contributed by atoms with Gasteiger partial charge in [0.25, 0.3) is 11.5 Å². The minimum absolute atomic E-state index is 0.0898. The van der Waals surface area contributed by atoms with Crippen molar-refractivity contribution in [3.63, 3.8) is 0 Å². The molecule has 1 aliphatic heterocycles. The highest BCUT2D eigenvalue weighted by molar-refractivity contribution is 5.92. The van der Waals surface area contributed by atoms with Gasteiger partial charge in [-0.2, -0.15) is 9.78 Å². The van der Waals surface area contributed by atoms with Gasteiger partial charge in [0.05, 0.1) is 5.69 Å². The van der Waals surface area contributed by atoms with Crippen LogP contribution in [0, 0.1) is 5.82 Å². The van der Waals surface area contributed by atoms with Crippen molar-refractivity contribution in [1.29, 1.82) is 0 Å². The average Bonchev–Trinajstić information content (AvgIpc) is 2.75. The van der Waals surface area contributed by atoms with Crippen LogP contribution in [0.2, 0.25) is 0 Å². The second-order valence-electron chi connectivity index (χ2n) is 6.75. The largest absolute Gasteiger partial charge is 0.346 e. The van der Waals surface area contributed by atoms with Gasteiger partial charge in [-0.25, -0.2) is 14.4 Å². The number of nitrogens with one attached hydrogen (secondary N) is 1. The Labute approximate surface area is 166 Å². The molecule has 1 N–H and O–H groups in total. The van der Waals surface area contributed by atoms with Gasteiger partial charge >= 0.3 is 0 Å². The number of nitrogens with zero attached hydrogens (tertiary/aromatic N) is 5. The molecule has 29 heavy (non-hydrogen) atoms. The maximum absolute atomic E-state index is 13.1. The minimum Gasteiger partial charge on any atom is -0.346 e. The minimum atomic E-state index is -0.417. The first kappa shape index (κ1) is 18.7. The molecule has 148 valence electrons. The Morgan fingerprint density at radius 3 is 2.62 bits per heavy atom. The first-order valence-corrected chi connectivity index (χ1v) is 9.29. The van der Waals surface area contributed by atoms with E-state index in [1.807, 2.05) is 4.90 Å². The molecule has 1 saturated heterocycles. The van der Waals surface area contributed by atoms with Gasteiger partial charge < -0.3 is 10.2 Å². The van der Waals surface area contributed by atoms with Gasteiger partial charge in [-0.15, -0.1) is 0 Å². The molecule has 0 aliphatic carbocycles. The van der Waals surface area contributed by atoms with Gasteiger partial charge in [-0.05, 0) is 49.2 Å². The van der Waals surface area contributed by atoms with Crippen LogP contribution >= 0.6 is 0 Å². The van der Waals surface area contributed by atoms with E-state index in [0.717, 1.165) is 24.1 Å². The van der Waals surface area contributed by atoms with E-state index in [2.05, 4.69) is 20.4 Å². The number of hydrogen-bond acceptors (Lipinski definition) is 6. The second-order valence-corrected chi connectivity index (χ2v) is 6.75. The van der Waals surface area contributed by atoms with Crippen LogP contribution in [-0.4, -0.2) is 44.8 Å². The van der Waals surface area contributed by atoms with E-state index in [9.17, 15) is 14.0 Å². The summed E-state index contributed by atoms with van der Waals surface area (Å²) in [4.78, 5) is 35.4. The van der Waals surface area contributed by atoms with Crippen molar-refractivity contribution in [1.82, 2.24) is 25.1 Å². The molecule has 8 nitrogen and oxygen atoms in total. The summed E-state index contributed by atoms with van der Waals surface area (Å²) in [7, 11) is 0. The number of hydrogen-bond donors (Lipinski definition) is 1. The maximum atomic E-state index is 13.1. The molecule has 3 heterocycles. The molecule has 0 radical (unpaired) electrons. The molecule has 1 amide bonds. The van der Waals surface area contributed by atoms with E-state index in [1.54, 1.807) is 18.5 Å². The lowest BCUT2D eigenvalue weighted by Gasteiger charge is -2.33. The Balaban J connectivity index is 1.49. The third-order valence-corrected chi connectivity index (χ3v) is 4.70. The van der Waals surface area contributed by atoms with Crippen LogP contribution in [0.4, 0.5) is 10.3 Å². The number of carbonyl (C=O) groups is 1. The predicted molar refractivity (Wildman–Crippen MR) is 105 cm³/mol. The molecular weight excluding hydrogens is 375 g/mol. The topological polar surface area (TPSA) is 93.0 Å². The molecule has 1 unspecified atom stereocenters. The van der Waals surface area contributed by atoms with Crippen LogP contribution in [0.3, 0.4) is 0 Å². The summed E-state index contributed by atoms with van der Waals surface area (Å²) >= 11 is 0. The third-order valence-electron chi connectivity index (χ3n) is 4.70. The Morgan fingerprint density at radius 2 is 1.86 bits per heavy atom. The van der Waals surface area contributed by atoms with Gasteiger partial charge in [-0.1, -0.05) is 0 Å². The lowest BCUT2D eigenvalue weighted by atomic mass is 10.1. The van der Waals surface area contributed by atoms with Crippen molar-refractivity contribution in [2.45, 2.75) is 18.9 Å². The van der Waals surface area contributed by atoms with Crippen molar-refractivity contribution in [2.24, 2.45) is 0 Å². The summed E-state index contributed by atoms with van der Waals surface area (Å²) in [6, 6.07) is 9.67. The maximum Gasteiger partial charge on any atom is 0.272 e. The van der Waals surface area contributed by atoms with Gasteiger partial charge in [0.2, 0.25) is 5.95 Å². The normalized spacial score (nSPS) is 16.4. The molecule has 3 aromatic rings. The van der Waals surface area contributed by atoms with Crippen molar-refractivity contribution >= 4 is 11.9 Å². The molecular formula is C20H19FN6O2. The van der Waals surface area contributed by atoms with Crippen LogP contribution in [0.15, 0.2) is 59.7 Å². The summed E-state index contributed by atoms with van der Waals surface area (Å²) in [5.41, 5.74) is 0.0938. The highest BCUT2D eigenvalue weighted by Gasteiger charge is 2.24. The van der Waals surface area contributed by atoms with E-state index in [0.29, 0.717) is 18.2 Å². The fourth-order valence-corrected chi connectivity index (χ4v) is 3.29. The summed E-state index contributed by atoms with van der Waals surface area (Å²) in [6.07, 6.45) is 5.10. The van der Waals surface area contributed by atoms with E-state index < -0.39 is 11.4 Å². The van der Waals surface area contributed by atoms with Crippen LogP contribution in [0.1, 0.15) is 23.3 Å². The Kier molecular flexibility index (Phi) is 5.28. The monoisotopic (exact) mass is 394 g/mol. The second kappa shape index (κ2) is 8.17. The lowest BCUT2D eigenvalue weighted by molar-refractivity contribution is 0.0926. The van der Waals surface area contributed by atoms with Gasteiger partial charge in [0.15, 0.2) is 0 Å². The van der Waals surface area contributed by atoms with Crippen molar-refractivity contribution in [2.75, 3.05) is 18.0 Å². The summed E-state index contributed by atoms with van der Waals surface area (Å²) in [6.45, 7) is 1.41. The van der Waals surface area contributed by atoms with Crippen molar-refractivity contribution in [3.05, 3.63) is 76.7 Å². The number of carbonyl (C=O) groups excluding carboxylic acids is 1. The van der Waals surface area contributed by atoms with Gasteiger partial charge in [-0.3, -0.25) is 9.59 Å². The predicted octanol–water partition coefficient (Wildman–Crippen LogP) is 1.56. The molecule has 9 heteroatoms. The molecule has 0 spiro atoms. The van der Waals surface area contributed by atoms with Crippen LogP contribution in [0.25, 0.3) is 5.69 Å². The van der Waals surface area contributed by atoms with Crippen LogP contribution in [0.5, 0.6) is 0 Å². The fourth-order valence-electron chi connectivity index (χ4n) is 3.29. The highest BCUT2D eigenvalue weighted by atomic mass is 19.1. The number of amides is 1. The van der Waals surface area contributed by atoms with E-state index >= 15 is 0 Å². The molecule has 1 aliphatic rings. The lowest BCUT2D eigenvalue weighted by Crippen LogP contribution is -2.48. The van der Waals surface area contributed by atoms with Crippen LogP contribution in [-0.2, 0) is 0 Å². The number of benzene rings is 1. The van der Waals surface area contributed by atoms with E-state index in [-0.39, 0.29) is 17.6 Å². The SMILES string of the molecule is O=C(NC1CCCN(c2ncccn2)C1)c1ccc(=O)n(-c2ccc(F)cc2)n1. The molecule has 4 rings (SSSR count). The smallest absolute Gasteiger partial charge is 0.272 e. The van der Waals surface area contributed by atoms with Gasteiger partial charge in [0.1, 0.15) is 11.5 Å². The van der Waals surface area contributed by atoms with Crippen molar-refractivity contribution in [3.8, 4) is 5.69 Å². The fraction of sp³-hybridized carbons (Fsp3) is 0.250. The zero-order valence-electron chi connectivity index (χ0n) is 15.5. The summed E-state index contributed by atoms with van der Waals surface area (Å²) in [5.74, 6) is -0.156. The third kappa shape index (κ3) is 4.29. The molecule has 0 bridgehead atoms. The van der Waals surface area contributed by atoms with Gasteiger partial charge in [0, 0.05) is 37.6 Å². The summed E-state index contributed by atoms with van der Waals surface area (Å²) in [5, 5.41) is 7.11. The number of halogens is 1. The average molecular weight is 394 g/mol. The number of piperidine rings is 1. The molecule has 2 aromatic heterocycles. The zero-order chi connectivity index (χ0) is 20.2. The highest BCUT2D eigenvalue weighted by Crippen LogP contribution is 2.15. The quantitative estimate of drug-likeness (QED) is 0.722. The first-order chi connectivity index (χ1) is 14.1. The van der Waals surface area contributed by atoms with E-state index in [4.69, 9.17) is 0 Å². The number of anilines is 1. The Morgan fingerprint density at radius 1 is 1.10 bits per heavy atom. The van der Waals surface area contributed by atoms with Crippen LogP contribution < -0.4 is 15.8 Å². The Bertz CT molecular complexity index is 1050. The first-order valence-electron chi connectivity index (χ1n) is 9.29. The van der Waals surface area contributed by atoms with Crippen molar-refractivity contribution < 1.29 is 9.18 Å². The number of aromatic nitrogens is 4. The standard InChI is InChI=1S/C20H19FN6O2/c21-14-4-6-16(7-5-14)27-18(28)9-8-17(25-27)19(29)24-15-3-1-12-26(13-15)20-22-10-2-11-23-20/h2,4-11,15H,1,3,12-13H2,(H,24,29).